The predicted molar refractivity (Wildman–Crippen MR) is 143 cm³/mol. The van der Waals surface area contributed by atoms with Crippen molar-refractivity contribution < 1.29 is 19.3 Å². The van der Waals surface area contributed by atoms with Crippen LogP contribution in [0.15, 0.2) is 78.9 Å². The lowest BCUT2D eigenvalue weighted by Crippen LogP contribution is -2.41. The van der Waals surface area contributed by atoms with E-state index in [0.717, 1.165) is 33.2 Å². The summed E-state index contributed by atoms with van der Waals surface area (Å²) < 4.78 is 0. The van der Waals surface area contributed by atoms with Crippen LogP contribution in [0.4, 0.5) is 11.4 Å². The Morgan fingerprint density at radius 1 is 0.868 bits per heavy atom. The number of ketones is 1. The minimum atomic E-state index is -1.28. The minimum absolute atomic E-state index is 0.0329. The number of benzene rings is 3. The van der Waals surface area contributed by atoms with E-state index in [1.807, 2.05) is 67.6 Å². The molecule has 0 N–H and O–H groups in total. The van der Waals surface area contributed by atoms with Crippen LogP contribution in [-0.4, -0.2) is 22.5 Å². The Hall–Kier alpha value is -4.10. The number of nitro benzene ring substituents is 1. The molecule has 1 saturated carbocycles. The fourth-order valence-electron chi connectivity index (χ4n) is 7.15. The van der Waals surface area contributed by atoms with Crippen LogP contribution in [0.25, 0.3) is 11.1 Å². The van der Waals surface area contributed by atoms with Gasteiger partial charge in [0.1, 0.15) is 0 Å². The molecule has 3 aromatic carbocycles. The van der Waals surface area contributed by atoms with Crippen molar-refractivity contribution in [2.45, 2.75) is 20.3 Å². The molecule has 0 radical (unpaired) electrons. The summed E-state index contributed by atoms with van der Waals surface area (Å²) in [6.07, 6.45) is 0.318. The molecule has 0 spiro atoms. The lowest BCUT2D eigenvalue weighted by molar-refractivity contribution is -0.384. The van der Waals surface area contributed by atoms with Gasteiger partial charge in [0.2, 0.25) is 11.8 Å². The van der Waals surface area contributed by atoms with Crippen molar-refractivity contribution in [3.8, 4) is 0 Å². The Balaban J connectivity index is 1.63. The maximum Gasteiger partial charge on any atom is 0.271 e. The zero-order valence-electron chi connectivity index (χ0n) is 20.7. The second-order valence-electron chi connectivity index (χ2n) is 10.2. The first-order chi connectivity index (χ1) is 18.2. The third-order valence-electron chi connectivity index (χ3n) is 8.62. The summed E-state index contributed by atoms with van der Waals surface area (Å²) in [7, 11) is 0. The van der Waals surface area contributed by atoms with E-state index < -0.39 is 39.4 Å². The van der Waals surface area contributed by atoms with E-state index >= 15 is 0 Å². The quantitative estimate of drug-likeness (QED) is 0.232. The number of hydrogen-bond donors (Lipinski definition) is 0. The molecule has 7 nitrogen and oxygen atoms in total. The van der Waals surface area contributed by atoms with E-state index in [4.69, 9.17) is 11.6 Å². The Labute approximate surface area is 223 Å². The average Bonchev–Trinajstić information content (AvgIpc) is 3.39. The van der Waals surface area contributed by atoms with Crippen molar-refractivity contribution in [2.75, 3.05) is 4.90 Å². The number of Topliss-reactive ketones (excluding diaryl/α,β-unsaturated/α-hetero) is 1. The number of rotatable bonds is 5. The fourth-order valence-corrected chi connectivity index (χ4v) is 7.35. The van der Waals surface area contributed by atoms with Gasteiger partial charge in [0.25, 0.3) is 5.69 Å². The molecule has 0 aromatic heterocycles. The summed E-state index contributed by atoms with van der Waals surface area (Å²) in [6, 6.07) is 22.7. The third kappa shape index (κ3) is 2.82. The standard InChI is InChI=1S/C30H23ClN2O5/c1-3-30-23(18-12-8-5-9-13-18)22(17-10-6-4-7-11-17)29(2,28(30)36)24-25(30)27(35)32(26(24)34)21-16-19(33(37)38)14-15-20(21)31/h4-16,24-25H,3H2,1-2H3/t24-,25-,29+,30-/m1/s1. The van der Waals surface area contributed by atoms with Gasteiger partial charge in [0.05, 0.1) is 38.3 Å². The largest absolute Gasteiger partial charge is 0.298 e. The summed E-state index contributed by atoms with van der Waals surface area (Å²) in [5.74, 6) is -3.15. The molecule has 6 rings (SSSR count). The van der Waals surface area contributed by atoms with Crippen molar-refractivity contribution in [1.82, 2.24) is 0 Å². The number of carbonyl (C=O) groups excluding carboxylic acids is 3. The zero-order chi connectivity index (χ0) is 27.0. The van der Waals surface area contributed by atoms with Gasteiger partial charge in [-0.1, -0.05) is 79.2 Å². The number of allylic oxidation sites excluding steroid dienone is 2. The number of carbonyl (C=O) groups is 3. The van der Waals surface area contributed by atoms with Crippen molar-refractivity contribution in [2.24, 2.45) is 22.7 Å². The number of imide groups is 1. The third-order valence-corrected chi connectivity index (χ3v) is 8.94. The van der Waals surface area contributed by atoms with Gasteiger partial charge in [-0.3, -0.25) is 24.5 Å². The minimum Gasteiger partial charge on any atom is -0.298 e. The summed E-state index contributed by atoms with van der Waals surface area (Å²) in [5.41, 5.74) is 0.348. The van der Waals surface area contributed by atoms with Gasteiger partial charge in [0.15, 0.2) is 5.78 Å². The van der Waals surface area contributed by atoms with Gasteiger partial charge in [-0.15, -0.1) is 0 Å². The van der Waals surface area contributed by atoms with Gasteiger partial charge in [-0.25, -0.2) is 4.90 Å². The lowest BCUT2D eigenvalue weighted by atomic mass is 9.62. The van der Waals surface area contributed by atoms with Crippen LogP contribution in [0.5, 0.6) is 0 Å². The van der Waals surface area contributed by atoms with Gasteiger partial charge in [-0.05, 0) is 41.7 Å². The first-order valence-corrected chi connectivity index (χ1v) is 12.8. The number of amides is 2. The summed E-state index contributed by atoms with van der Waals surface area (Å²) >= 11 is 6.39. The second-order valence-corrected chi connectivity index (χ2v) is 10.6. The molecule has 1 saturated heterocycles. The number of anilines is 1. The lowest BCUT2D eigenvalue weighted by Gasteiger charge is -2.37. The molecule has 1 aliphatic heterocycles. The SMILES string of the molecule is CC[C@@]12C(=O)[C@@](C)(C(c3ccccc3)=C1c1ccccc1)[C@H]1C(=O)N(c3cc([N+](=O)[O-])ccc3Cl)C(=O)[C@@H]12. The van der Waals surface area contributed by atoms with E-state index in [1.165, 1.54) is 12.1 Å². The van der Waals surface area contributed by atoms with E-state index in [9.17, 15) is 24.5 Å². The summed E-state index contributed by atoms with van der Waals surface area (Å²) in [5, 5.41) is 11.5. The van der Waals surface area contributed by atoms with Crippen molar-refractivity contribution in [3.63, 3.8) is 0 Å². The highest BCUT2D eigenvalue weighted by molar-refractivity contribution is 6.39. The molecule has 4 atom stereocenters. The normalized spacial score (nSPS) is 27.9. The first kappa shape index (κ1) is 24.2. The van der Waals surface area contributed by atoms with Crippen LogP contribution < -0.4 is 4.90 Å². The monoisotopic (exact) mass is 526 g/mol. The zero-order valence-corrected chi connectivity index (χ0v) is 21.4. The Morgan fingerprint density at radius 3 is 1.97 bits per heavy atom. The fraction of sp³-hybridized carbons (Fsp3) is 0.233. The van der Waals surface area contributed by atoms with Gasteiger partial charge >= 0.3 is 0 Å². The molecule has 2 aliphatic carbocycles. The average molecular weight is 527 g/mol. The molecular formula is C30H23ClN2O5. The highest BCUT2D eigenvalue weighted by atomic mass is 35.5. The maximum atomic E-state index is 14.5. The Kier molecular flexibility index (Phi) is 5.23. The molecule has 8 heteroatoms. The van der Waals surface area contributed by atoms with Crippen LogP contribution in [0.3, 0.4) is 0 Å². The highest BCUT2D eigenvalue weighted by Crippen LogP contribution is 2.74. The Morgan fingerprint density at radius 2 is 1.42 bits per heavy atom. The highest BCUT2D eigenvalue weighted by Gasteiger charge is 2.79. The summed E-state index contributed by atoms with van der Waals surface area (Å²) in [4.78, 5) is 54.7. The smallest absolute Gasteiger partial charge is 0.271 e. The molecule has 0 unspecified atom stereocenters. The van der Waals surface area contributed by atoms with Crippen LogP contribution >= 0.6 is 11.6 Å². The second kappa shape index (κ2) is 8.20. The number of hydrogen-bond acceptors (Lipinski definition) is 5. The van der Waals surface area contributed by atoms with Crippen LogP contribution in [0.1, 0.15) is 31.4 Å². The summed E-state index contributed by atoms with van der Waals surface area (Å²) in [6.45, 7) is 3.64. The maximum absolute atomic E-state index is 14.5. The van der Waals surface area contributed by atoms with Crippen LogP contribution in [-0.2, 0) is 14.4 Å². The van der Waals surface area contributed by atoms with Crippen molar-refractivity contribution in [3.05, 3.63) is 105 Å². The number of halogens is 1. The van der Waals surface area contributed by atoms with E-state index in [2.05, 4.69) is 0 Å². The first-order valence-electron chi connectivity index (χ1n) is 12.4. The topological polar surface area (TPSA) is 97.6 Å². The van der Waals surface area contributed by atoms with Crippen LogP contribution in [0.2, 0.25) is 5.02 Å². The van der Waals surface area contributed by atoms with Gasteiger partial charge in [-0.2, -0.15) is 0 Å². The van der Waals surface area contributed by atoms with E-state index in [0.29, 0.717) is 6.42 Å². The number of nitro groups is 1. The van der Waals surface area contributed by atoms with Gasteiger partial charge < -0.3 is 0 Å². The number of fused-ring (bicyclic) bond motifs is 5. The Bertz CT molecular complexity index is 1580. The molecule has 2 bridgehead atoms. The van der Waals surface area contributed by atoms with Crippen LogP contribution in [0, 0.1) is 32.8 Å². The molecule has 3 aromatic rings. The molecule has 2 fully saturated rings. The predicted octanol–water partition coefficient (Wildman–Crippen LogP) is 5.96. The molecule has 190 valence electrons. The molecule has 1 heterocycles. The van der Waals surface area contributed by atoms with Crippen molar-refractivity contribution in [1.29, 1.82) is 0 Å². The molecular weight excluding hydrogens is 504 g/mol. The molecule has 2 amide bonds. The number of non-ortho nitro benzene ring substituents is 1. The van der Waals surface area contributed by atoms with Crippen molar-refractivity contribution >= 4 is 51.7 Å². The van der Waals surface area contributed by atoms with E-state index in [-0.39, 0.29) is 22.2 Å². The number of nitrogens with zero attached hydrogens (tertiary/aromatic N) is 2. The van der Waals surface area contributed by atoms with Gasteiger partial charge in [0, 0.05) is 12.1 Å². The van der Waals surface area contributed by atoms with E-state index in [1.54, 1.807) is 6.92 Å². The molecule has 38 heavy (non-hydrogen) atoms. The molecule has 3 aliphatic rings.